The lowest BCUT2D eigenvalue weighted by molar-refractivity contribution is 0.00601. The van der Waals surface area contributed by atoms with Crippen molar-refractivity contribution < 1.29 is 9.84 Å². The van der Waals surface area contributed by atoms with Gasteiger partial charge in [0.1, 0.15) is 0 Å². The summed E-state index contributed by atoms with van der Waals surface area (Å²) in [7, 11) is 0. The lowest BCUT2D eigenvalue weighted by Crippen LogP contribution is -2.41. The Morgan fingerprint density at radius 3 is 2.88 bits per heavy atom. The maximum atomic E-state index is 9.69. The van der Waals surface area contributed by atoms with Crippen molar-refractivity contribution >= 4 is 0 Å². The highest BCUT2D eigenvalue weighted by atomic mass is 16.5. The molecule has 0 radical (unpaired) electrons. The second-order valence-corrected chi connectivity index (χ2v) is 5.12. The van der Waals surface area contributed by atoms with E-state index in [0.717, 1.165) is 13.1 Å². The zero-order chi connectivity index (χ0) is 12.7. The Bertz CT molecular complexity index is 200. The summed E-state index contributed by atoms with van der Waals surface area (Å²) in [5, 5.41) is 13.0. The molecule has 0 spiro atoms. The van der Waals surface area contributed by atoms with E-state index in [1.165, 1.54) is 19.4 Å². The second kappa shape index (κ2) is 8.03. The van der Waals surface area contributed by atoms with E-state index in [4.69, 9.17) is 4.74 Å². The van der Waals surface area contributed by atoms with Crippen molar-refractivity contribution in [2.45, 2.75) is 51.9 Å². The monoisotopic (exact) mass is 244 g/mol. The molecule has 1 fully saturated rings. The summed E-state index contributed by atoms with van der Waals surface area (Å²) >= 11 is 0. The quantitative estimate of drug-likeness (QED) is 0.664. The molecule has 0 bridgehead atoms. The van der Waals surface area contributed by atoms with Gasteiger partial charge in [0.15, 0.2) is 0 Å². The van der Waals surface area contributed by atoms with E-state index in [0.29, 0.717) is 19.2 Å². The summed E-state index contributed by atoms with van der Waals surface area (Å²) < 4.78 is 5.37. The van der Waals surface area contributed by atoms with Crippen LogP contribution >= 0.6 is 0 Å². The molecule has 2 N–H and O–H groups in total. The molecule has 4 nitrogen and oxygen atoms in total. The topological polar surface area (TPSA) is 44.7 Å². The van der Waals surface area contributed by atoms with Crippen molar-refractivity contribution in [3.8, 4) is 0 Å². The van der Waals surface area contributed by atoms with Crippen LogP contribution in [-0.4, -0.2) is 61.0 Å². The van der Waals surface area contributed by atoms with Crippen LogP contribution in [0, 0.1) is 0 Å². The van der Waals surface area contributed by atoms with Gasteiger partial charge in [-0.1, -0.05) is 6.92 Å². The molecule has 0 aromatic rings. The Labute approximate surface area is 105 Å². The molecule has 2 unspecified atom stereocenters. The van der Waals surface area contributed by atoms with Gasteiger partial charge in [0.25, 0.3) is 0 Å². The number of rotatable bonds is 8. The number of ether oxygens (including phenoxy) is 1. The molecule has 0 aliphatic carbocycles. The maximum absolute atomic E-state index is 9.69. The first kappa shape index (κ1) is 14.9. The highest BCUT2D eigenvalue weighted by Crippen LogP contribution is 2.15. The molecule has 1 heterocycles. The number of hydrogen-bond acceptors (Lipinski definition) is 4. The molecule has 0 aromatic carbocycles. The third kappa shape index (κ3) is 5.82. The molecular weight excluding hydrogens is 216 g/mol. The third-order valence-electron chi connectivity index (χ3n) is 3.29. The molecule has 17 heavy (non-hydrogen) atoms. The predicted octanol–water partition coefficient (Wildman–Crippen LogP) is 0.846. The molecular formula is C13H28N2O2. The van der Waals surface area contributed by atoms with Gasteiger partial charge in [-0.05, 0) is 39.8 Å². The second-order valence-electron chi connectivity index (χ2n) is 5.12. The van der Waals surface area contributed by atoms with Crippen molar-refractivity contribution in [3.63, 3.8) is 0 Å². The lowest BCUT2D eigenvalue weighted by Gasteiger charge is -2.23. The maximum Gasteiger partial charge on any atom is 0.0897 e. The Morgan fingerprint density at radius 1 is 1.47 bits per heavy atom. The SMILES string of the molecule is CCN1CCCC1CNCC(O)COC(C)C. The van der Waals surface area contributed by atoms with E-state index >= 15 is 0 Å². The zero-order valence-corrected chi connectivity index (χ0v) is 11.5. The molecule has 4 heteroatoms. The van der Waals surface area contributed by atoms with E-state index in [1.54, 1.807) is 0 Å². The van der Waals surface area contributed by atoms with Crippen molar-refractivity contribution in [3.05, 3.63) is 0 Å². The molecule has 1 rings (SSSR count). The van der Waals surface area contributed by atoms with Gasteiger partial charge in [-0.25, -0.2) is 0 Å². The number of likely N-dealkylation sites (tertiary alicyclic amines) is 1. The fourth-order valence-corrected chi connectivity index (χ4v) is 2.32. The summed E-state index contributed by atoms with van der Waals surface area (Å²) in [5.74, 6) is 0. The van der Waals surface area contributed by atoms with Crippen LogP contribution in [-0.2, 0) is 4.74 Å². The summed E-state index contributed by atoms with van der Waals surface area (Å²) in [5.41, 5.74) is 0. The fraction of sp³-hybridized carbons (Fsp3) is 1.00. The minimum atomic E-state index is -0.395. The van der Waals surface area contributed by atoms with Crippen molar-refractivity contribution in [1.29, 1.82) is 0 Å². The van der Waals surface area contributed by atoms with E-state index < -0.39 is 6.10 Å². The summed E-state index contributed by atoms with van der Waals surface area (Å²) in [6.45, 7) is 10.6. The van der Waals surface area contributed by atoms with E-state index in [2.05, 4.69) is 17.1 Å². The zero-order valence-electron chi connectivity index (χ0n) is 11.5. The average molecular weight is 244 g/mol. The van der Waals surface area contributed by atoms with Gasteiger partial charge in [0, 0.05) is 19.1 Å². The Hall–Kier alpha value is -0.160. The van der Waals surface area contributed by atoms with Crippen LogP contribution in [0.1, 0.15) is 33.6 Å². The van der Waals surface area contributed by atoms with Crippen LogP contribution in [0.5, 0.6) is 0 Å². The van der Waals surface area contributed by atoms with Gasteiger partial charge in [-0.15, -0.1) is 0 Å². The molecule has 1 aliphatic heterocycles. The fourth-order valence-electron chi connectivity index (χ4n) is 2.32. The molecule has 1 aliphatic rings. The van der Waals surface area contributed by atoms with E-state index in [1.807, 2.05) is 13.8 Å². The largest absolute Gasteiger partial charge is 0.389 e. The smallest absolute Gasteiger partial charge is 0.0897 e. The number of nitrogens with one attached hydrogen (secondary N) is 1. The highest BCUT2D eigenvalue weighted by Gasteiger charge is 2.22. The number of likely N-dealkylation sites (N-methyl/N-ethyl adjacent to an activating group) is 1. The molecule has 2 atom stereocenters. The first-order chi connectivity index (χ1) is 8.13. The normalized spacial score (nSPS) is 23.5. The molecule has 102 valence electrons. The van der Waals surface area contributed by atoms with E-state index in [9.17, 15) is 5.11 Å². The number of aliphatic hydroxyl groups is 1. The summed E-state index contributed by atoms with van der Waals surface area (Å²) in [6, 6.07) is 0.651. The van der Waals surface area contributed by atoms with Crippen LogP contribution < -0.4 is 5.32 Å². The summed E-state index contributed by atoms with van der Waals surface area (Å²) in [4.78, 5) is 2.50. The third-order valence-corrected chi connectivity index (χ3v) is 3.29. The molecule has 1 saturated heterocycles. The average Bonchev–Trinajstić information content (AvgIpc) is 2.74. The van der Waals surface area contributed by atoms with Gasteiger partial charge in [-0.3, -0.25) is 4.90 Å². The number of hydrogen-bond donors (Lipinski definition) is 2. The van der Waals surface area contributed by atoms with Crippen molar-refractivity contribution in [1.82, 2.24) is 10.2 Å². The van der Waals surface area contributed by atoms with Crippen LogP contribution in [0.25, 0.3) is 0 Å². The minimum Gasteiger partial charge on any atom is -0.389 e. The van der Waals surface area contributed by atoms with Crippen LogP contribution in [0.2, 0.25) is 0 Å². The van der Waals surface area contributed by atoms with E-state index in [-0.39, 0.29) is 6.10 Å². The van der Waals surface area contributed by atoms with Gasteiger partial charge in [-0.2, -0.15) is 0 Å². The van der Waals surface area contributed by atoms with Crippen LogP contribution in [0.3, 0.4) is 0 Å². The van der Waals surface area contributed by atoms with Crippen molar-refractivity contribution in [2.75, 3.05) is 32.8 Å². The highest BCUT2D eigenvalue weighted by molar-refractivity contribution is 4.80. The predicted molar refractivity (Wildman–Crippen MR) is 70.2 cm³/mol. The van der Waals surface area contributed by atoms with Gasteiger partial charge < -0.3 is 15.2 Å². The Kier molecular flexibility index (Phi) is 7.04. The minimum absolute atomic E-state index is 0.190. The summed E-state index contributed by atoms with van der Waals surface area (Å²) in [6.07, 6.45) is 2.38. The Morgan fingerprint density at radius 2 is 2.24 bits per heavy atom. The van der Waals surface area contributed by atoms with Crippen LogP contribution in [0.4, 0.5) is 0 Å². The molecule has 0 saturated carbocycles. The number of aliphatic hydroxyl groups excluding tert-OH is 1. The van der Waals surface area contributed by atoms with Gasteiger partial charge in [0.2, 0.25) is 0 Å². The molecule has 0 amide bonds. The molecule has 0 aromatic heterocycles. The van der Waals surface area contributed by atoms with Crippen molar-refractivity contribution in [2.24, 2.45) is 0 Å². The van der Waals surface area contributed by atoms with Gasteiger partial charge >= 0.3 is 0 Å². The first-order valence-corrected chi connectivity index (χ1v) is 6.88. The van der Waals surface area contributed by atoms with Crippen LogP contribution in [0.15, 0.2) is 0 Å². The standard InChI is InChI=1S/C13H28N2O2/c1-4-15-7-5-6-12(15)8-14-9-13(16)10-17-11(2)3/h11-14,16H,4-10H2,1-3H3. The first-order valence-electron chi connectivity index (χ1n) is 6.88. The van der Waals surface area contributed by atoms with Gasteiger partial charge in [0.05, 0.1) is 18.8 Å². The lowest BCUT2D eigenvalue weighted by atomic mass is 10.2. The Balaban J connectivity index is 2.06. The number of nitrogens with zero attached hydrogens (tertiary/aromatic N) is 1.